The van der Waals surface area contributed by atoms with E-state index in [9.17, 15) is 19.7 Å². The second-order valence-electron chi connectivity index (χ2n) is 5.16. The molecule has 1 aliphatic carbocycles. The van der Waals surface area contributed by atoms with E-state index in [0.717, 1.165) is 32.1 Å². The SMILES string of the molecule is O=C(OCOC(=O)C1CCCCC1)Oc1ccc([N+](=O)[O-])cc1. The lowest BCUT2D eigenvalue weighted by atomic mass is 9.89. The zero-order chi connectivity index (χ0) is 16.7. The van der Waals surface area contributed by atoms with Crippen molar-refractivity contribution in [3.05, 3.63) is 34.4 Å². The zero-order valence-corrected chi connectivity index (χ0v) is 12.4. The molecule has 124 valence electrons. The van der Waals surface area contributed by atoms with Gasteiger partial charge in [-0.25, -0.2) is 4.79 Å². The highest BCUT2D eigenvalue weighted by molar-refractivity contribution is 5.72. The van der Waals surface area contributed by atoms with Crippen molar-refractivity contribution in [3.8, 4) is 5.75 Å². The number of nitro benzene ring substituents is 1. The number of esters is 1. The lowest BCUT2D eigenvalue weighted by Crippen LogP contribution is -2.23. The number of carbonyl (C=O) groups is 2. The van der Waals surface area contributed by atoms with E-state index >= 15 is 0 Å². The molecule has 8 heteroatoms. The van der Waals surface area contributed by atoms with Crippen molar-refractivity contribution in [1.82, 2.24) is 0 Å². The first kappa shape index (κ1) is 16.7. The topological polar surface area (TPSA) is 105 Å². The van der Waals surface area contributed by atoms with Gasteiger partial charge in [-0.05, 0) is 25.0 Å². The molecule has 0 bridgehead atoms. The van der Waals surface area contributed by atoms with Crippen molar-refractivity contribution in [3.63, 3.8) is 0 Å². The van der Waals surface area contributed by atoms with Crippen molar-refractivity contribution in [1.29, 1.82) is 0 Å². The van der Waals surface area contributed by atoms with Crippen LogP contribution in [0.4, 0.5) is 10.5 Å². The third-order valence-electron chi connectivity index (χ3n) is 3.57. The van der Waals surface area contributed by atoms with Gasteiger partial charge in [-0.2, -0.15) is 0 Å². The largest absolute Gasteiger partial charge is 0.516 e. The number of non-ortho nitro benzene ring substituents is 1. The molecule has 0 aliphatic heterocycles. The van der Waals surface area contributed by atoms with Crippen molar-refractivity contribution >= 4 is 17.8 Å². The lowest BCUT2D eigenvalue weighted by molar-refractivity contribution is -0.384. The van der Waals surface area contributed by atoms with Gasteiger partial charge in [0.05, 0.1) is 10.8 Å². The summed E-state index contributed by atoms with van der Waals surface area (Å²) in [5.74, 6) is -0.398. The molecule has 0 radical (unpaired) electrons. The van der Waals surface area contributed by atoms with E-state index in [1.54, 1.807) is 0 Å². The molecular weight excluding hydrogens is 306 g/mol. The van der Waals surface area contributed by atoms with Crippen LogP contribution < -0.4 is 4.74 Å². The van der Waals surface area contributed by atoms with Gasteiger partial charge in [0.15, 0.2) is 0 Å². The number of hydrogen-bond donors (Lipinski definition) is 0. The Morgan fingerprint density at radius 3 is 2.35 bits per heavy atom. The standard InChI is InChI=1S/C15H17NO7/c17-14(11-4-2-1-3-5-11)21-10-22-15(18)23-13-8-6-12(7-9-13)16(19)20/h6-9,11H,1-5,10H2. The Hall–Kier alpha value is -2.64. The van der Waals surface area contributed by atoms with E-state index in [2.05, 4.69) is 4.74 Å². The maximum atomic E-state index is 11.7. The fourth-order valence-electron chi connectivity index (χ4n) is 2.35. The molecule has 0 saturated heterocycles. The molecule has 0 atom stereocenters. The van der Waals surface area contributed by atoms with Crippen LogP contribution in [-0.2, 0) is 14.3 Å². The van der Waals surface area contributed by atoms with Crippen molar-refractivity contribution in [2.45, 2.75) is 32.1 Å². The maximum absolute atomic E-state index is 11.7. The summed E-state index contributed by atoms with van der Waals surface area (Å²) in [6.07, 6.45) is 3.68. The molecule has 0 heterocycles. The highest BCUT2D eigenvalue weighted by atomic mass is 16.8. The average Bonchev–Trinajstić information content (AvgIpc) is 2.56. The number of rotatable bonds is 5. The Kier molecular flexibility index (Phi) is 5.90. The summed E-state index contributed by atoms with van der Waals surface area (Å²) < 4.78 is 14.3. The minimum Gasteiger partial charge on any atom is -0.427 e. The van der Waals surface area contributed by atoms with Gasteiger partial charge in [-0.15, -0.1) is 0 Å². The first-order valence-corrected chi connectivity index (χ1v) is 7.32. The first-order valence-electron chi connectivity index (χ1n) is 7.32. The van der Waals surface area contributed by atoms with Crippen LogP contribution in [-0.4, -0.2) is 23.8 Å². The zero-order valence-electron chi connectivity index (χ0n) is 12.4. The van der Waals surface area contributed by atoms with E-state index in [-0.39, 0.29) is 23.3 Å². The number of carbonyl (C=O) groups excluding carboxylic acids is 2. The third-order valence-corrected chi connectivity index (χ3v) is 3.57. The van der Waals surface area contributed by atoms with Crippen LogP contribution in [0.2, 0.25) is 0 Å². The normalized spacial score (nSPS) is 14.8. The number of benzene rings is 1. The second-order valence-corrected chi connectivity index (χ2v) is 5.16. The van der Waals surface area contributed by atoms with Gasteiger partial charge in [-0.3, -0.25) is 14.9 Å². The van der Waals surface area contributed by atoms with Gasteiger partial charge in [0, 0.05) is 12.1 Å². The lowest BCUT2D eigenvalue weighted by Gasteiger charge is -2.19. The van der Waals surface area contributed by atoms with Crippen LogP contribution in [0.15, 0.2) is 24.3 Å². The van der Waals surface area contributed by atoms with E-state index in [1.165, 1.54) is 24.3 Å². The van der Waals surface area contributed by atoms with Gasteiger partial charge in [0.25, 0.3) is 5.69 Å². The molecule has 1 aromatic carbocycles. The minimum absolute atomic E-state index is 0.0965. The molecular formula is C15H17NO7. The summed E-state index contributed by atoms with van der Waals surface area (Å²) in [4.78, 5) is 33.1. The van der Waals surface area contributed by atoms with E-state index < -0.39 is 17.9 Å². The summed E-state index contributed by atoms with van der Waals surface area (Å²) in [6, 6.07) is 4.94. The molecule has 0 N–H and O–H groups in total. The maximum Gasteiger partial charge on any atom is 0.516 e. The Morgan fingerprint density at radius 2 is 1.74 bits per heavy atom. The molecule has 1 saturated carbocycles. The summed E-state index contributed by atoms with van der Waals surface area (Å²) in [5.41, 5.74) is -0.118. The smallest absolute Gasteiger partial charge is 0.427 e. The second kappa shape index (κ2) is 8.11. The van der Waals surface area contributed by atoms with Crippen LogP contribution in [0.25, 0.3) is 0 Å². The van der Waals surface area contributed by atoms with Gasteiger partial charge >= 0.3 is 12.1 Å². The number of hydrogen-bond acceptors (Lipinski definition) is 7. The molecule has 0 unspecified atom stereocenters. The fourth-order valence-corrected chi connectivity index (χ4v) is 2.35. The Bertz CT molecular complexity index is 564. The van der Waals surface area contributed by atoms with E-state index in [1.807, 2.05) is 0 Å². The molecule has 0 spiro atoms. The molecule has 1 fully saturated rings. The predicted molar refractivity (Wildman–Crippen MR) is 77.7 cm³/mol. The summed E-state index contributed by atoms with van der Waals surface area (Å²) in [5, 5.41) is 10.5. The molecule has 0 amide bonds. The van der Waals surface area contributed by atoms with E-state index in [0.29, 0.717) is 0 Å². The van der Waals surface area contributed by atoms with Crippen molar-refractivity contribution < 1.29 is 28.7 Å². The Morgan fingerprint density at radius 1 is 1.09 bits per heavy atom. The molecule has 23 heavy (non-hydrogen) atoms. The van der Waals surface area contributed by atoms with Crippen LogP contribution in [0.3, 0.4) is 0 Å². The first-order chi connectivity index (χ1) is 11.1. The summed E-state index contributed by atoms with van der Waals surface area (Å²) in [7, 11) is 0. The van der Waals surface area contributed by atoms with Gasteiger partial charge in [0.2, 0.25) is 6.79 Å². The minimum atomic E-state index is -1.05. The van der Waals surface area contributed by atoms with Crippen molar-refractivity contribution in [2.24, 2.45) is 5.92 Å². The number of nitro groups is 1. The van der Waals surface area contributed by atoms with Crippen LogP contribution in [0, 0.1) is 16.0 Å². The number of nitrogens with zero attached hydrogens (tertiary/aromatic N) is 1. The monoisotopic (exact) mass is 323 g/mol. The molecule has 8 nitrogen and oxygen atoms in total. The predicted octanol–water partition coefficient (Wildman–Crippen LogP) is 3.19. The summed E-state index contributed by atoms with van der Waals surface area (Å²) >= 11 is 0. The number of ether oxygens (including phenoxy) is 3. The Balaban J connectivity index is 1.70. The van der Waals surface area contributed by atoms with Gasteiger partial charge in [0.1, 0.15) is 5.75 Å². The van der Waals surface area contributed by atoms with Gasteiger partial charge < -0.3 is 14.2 Å². The highest BCUT2D eigenvalue weighted by Gasteiger charge is 2.22. The molecule has 2 rings (SSSR count). The third kappa shape index (κ3) is 5.24. The average molecular weight is 323 g/mol. The molecule has 1 aliphatic rings. The molecule has 1 aromatic rings. The van der Waals surface area contributed by atoms with Crippen LogP contribution in [0.1, 0.15) is 32.1 Å². The Labute approximate surface area is 132 Å². The molecule has 0 aromatic heterocycles. The summed E-state index contributed by atoms with van der Waals surface area (Å²) in [6.45, 7) is -0.513. The quantitative estimate of drug-likeness (QED) is 0.269. The van der Waals surface area contributed by atoms with Crippen LogP contribution >= 0.6 is 0 Å². The van der Waals surface area contributed by atoms with E-state index in [4.69, 9.17) is 9.47 Å². The fraction of sp³-hybridized carbons (Fsp3) is 0.467. The van der Waals surface area contributed by atoms with Gasteiger partial charge in [-0.1, -0.05) is 19.3 Å². The highest BCUT2D eigenvalue weighted by Crippen LogP contribution is 2.24. The van der Waals surface area contributed by atoms with Crippen molar-refractivity contribution in [2.75, 3.05) is 6.79 Å². The van der Waals surface area contributed by atoms with Crippen LogP contribution in [0.5, 0.6) is 5.75 Å².